The molecule has 36 heavy (non-hydrogen) atoms. The number of ether oxygens (including phenoxy) is 3. The van der Waals surface area contributed by atoms with E-state index < -0.39 is 72.4 Å². The Morgan fingerprint density at radius 1 is 0.917 bits per heavy atom. The Morgan fingerprint density at radius 2 is 1.56 bits per heavy atom. The lowest BCUT2D eigenvalue weighted by molar-refractivity contribution is -0.312. The average molecular weight is 508 g/mol. The van der Waals surface area contributed by atoms with Gasteiger partial charge in [0.05, 0.1) is 17.2 Å². The highest BCUT2D eigenvalue weighted by Crippen LogP contribution is 2.43. The summed E-state index contributed by atoms with van der Waals surface area (Å²) in [6.45, 7) is -0.655. The van der Waals surface area contributed by atoms with E-state index in [1.165, 1.54) is 6.07 Å². The fraction of sp³-hybridized carbons (Fsp3) is 0.391. The molecule has 4 rings (SSSR count). The van der Waals surface area contributed by atoms with Crippen LogP contribution in [0.15, 0.2) is 24.3 Å². The third-order valence-corrected chi connectivity index (χ3v) is 6.09. The number of aliphatic hydroxyl groups excluding tert-OH is 3. The number of Topliss-reactive ketones (excluding diaryl/α,β-unsaturated/α-hetero) is 1. The zero-order valence-electron chi connectivity index (χ0n) is 18.5. The van der Waals surface area contributed by atoms with Crippen LogP contribution >= 0.6 is 0 Å². The highest BCUT2D eigenvalue weighted by Gasteiger charge is 2.46. The van der Waals surface area contributed by atoms with Gasteiger partial charge < -0.3 is 55.1 Å². The minimum atomic E-state index is -1.79. The van der Waals surface area contributed by atoms with Crippen molar-refractivity contribution in [3.8, 4) is 28.7 Å². The van der Waals surface area contributed by atoms with Crippen molar-refractivity contribution in [2.75, 3.05) is 6.61 Å². The number of hydrogen-bond acceptors (Lipinski definition) is 13. The van der Waals surface area contributed by atoms with Gasteiger partial charge in [0.15, 0.2) is 29.3 Å². The van der Waals surface area contributed by atoms with E-state index in [1.54, 1.807) is 0 Å². The normalized spacial score (nSPS) is 27.9. The van der Waals surface area contributed by atoms with Gasteiger partial charge in [-0.3, -0.25) is 4.79 Å². The molecule has 0 bridgehead atoms. The van der Waals surface area contributed by atoms with Gasteiger partial charge in [0.2, 0.25) is 0 Å². The quantitative estimate of drug-likeness (QED) is 0.150. The van der Waals surface area contributed by atoms with Crippen LogP contribution in [-0.2, 0) is 14.2 Å². The molecular weight excluding hydrogens is 484 g/mol. The monoisotopic (exact) mass is 508 g/mol. The predicted molar refractivity (Wildman–Crippen MR) is 116 cm³/mol. The molecule has 2 aromatic rings. The average Bonchev–Trinajstić information content (AvgIpc) is 2.84. The molecule has 6 atom stereocenters. The van der Waals surface area contributed by atoms with Crippen molar-refractivity contribution in [1.82, 2.24) is 0 Å². The first-order valence-corrected chi connectivity index (χ1v) is 10.8. The number of esters is 1. The predicted octanol–water partition coefficient (Wildman–Crippen LogP) is -0.0866. The maximum absolute atomic E-state index is 12.3. The van der Waals surface area contributed by atoms with Gasteiger partial charge in [-0.05, 0) is 30.7 Å². The van der Waals surface area contributed by atoms with E-state index in [2.05, 4.69) is 0 Å². The minimum Gasteiger partial charge on any atom is -0.508 e. The smallest absolute Gasteiger partial charge is 0.338 e. The van der Waals surface area contributed by atoms with Crippen LogP contribution in [0.3, 0.4) is 0 Å². The number of ketones is 1. The number of phenolic OH excluding ortho intramolecular Hbond substituents is 5. The SMILES string of the molecule is O=C(OC[C@H]1O[C@@H](O[C@H]2CCC(=O)c3c(O)ccc(O)c32)[C@H](O)[C@@H](O)[C@@H]1O)c1cc(O)c(O)c(O)c1. The Balaban J connectivity index is 1.49. The molecule has 13 nitrogen and oxygen atoms in total. The van der Waals surface area contributed by atoms with Crippen molar-refractivity contribution < 1.29 is 64.7 Å². The topological polar surface area (TPSA) is 224 Å². The van der Waals surface area contributed by atoms with Gasteiger partial charge in [-0.15, -0.1) is 0 Å². The van der Waals surface area contributed by atoms with E-state index in [4.69, 9.17) is 14.2 Å². The number of benzene rings is 2. The van der Waals surface area contributed by atoms with Crippen molar-refractivity contribution in [1.29, 1.82) is 0 Å². The van der Waals surface area contributed by atoms with E-state index in [1.807, 2.05) is 0 Å². The number of carbonyl (C=O) groups excluding carboxylic acids is 2. The number of rotatable bonds is 5. The first-order chi connectivity index (χ1) is 17.0. The van der Waals surface area contributed by atoms with E-state index in [-0.39, 0.29) is 41.0 Å². The van der Waals surface area contributed by atoms with Crippen LogP contribution in [0, 0.1) is 0 Å². The van der Waals surface area contributed by atoms with Crippen molar-refractivity contribution >= 4 is 11.8 Å². The maximum atomic E-state index is 12.3. The summed E-state index contributed by atoms with van der Waals surface area (Å²) in [7, 11) is 0. The standard InChI is InChI=1S/C23H24O13/c24-9-1-2-11(26)17-14(4-3-10(25)16(9)17)35-23-21(32)20(31)19(30)15(36-23)7-34-22(33)8-5-12(27)18(29)13(28)6-8/h1-2,5-6,14-15,19-21,23-24,26-32H,3-4,7H2/t14-,15+,19+,20-,21+,23+/m0/s1. The molecule has 1 fully saturated rings. The van der Waals surface area contributed by atoms with Crippen LogP contribution in [0.4, 0.5) is 0 Å². The largest absolute Gasteiger partial charge is 0.508 e. The fourth-order valence-corrected chi connectivity index (χ4v) is 4.18. The molecule has 0 saturated carbocycles. The number of hydrogen-bond donors (Lipinski definition) is 8. The minimum absolute atomic E-state index is 0.0161. The molecule has 1 saturated heterocycles. The molecule has 1 aliphatic carbocycles. The summed E-state index contributed by atoms with van der Waals surface area (Å²) in [6, 6.07) is 3.99. The molecule has 0 spiro atoms. The second-order valence-corrected chi connectivity index (χ2v) is 8.46. The Kier molecular flexibility index (Phi) is 6.93. The van der Waals surface area contributed by atoms with Crippen LogP contribution in [0.5, 0.6) is 28.7 Å². The first kappa shape index (κ1) is 25.5. The maximum Gasteiger partial charge on any atom is 0.338 e. The molecule has 1 aliphatic heterocycles. The van der Waals surface area contributed by atoms with Gasteiger partial charge in [0, 0.05) is 12.0 Å². The highest BCUT2D eigenvalue weighted by molar-refractivity contribution is 6.01. The molecule has 0 amide bonds. The van der Waals surface area contributed by atoms with Crippen LogP contribution in [0.2, 0.25) is 0 Å². The number of carbonyl (C=O) groups is 2. The van der Waals surface area contributed by atoms with E-state index in [0.717, 1.165) is 18.2 Å². The third-order valence-electron chi connectivity index (χ3n) is 6.09. The van der Waals surface area contributed by atoms with Gasteiger partial charge in [0.1, 0.15) is 42.5 Å². The van der Waals surface area contributed by atoms with Crippen molar-refractivity contribution in [3.05, 3.63) is 41.0 Å². The summed E-state index contributed by atoms with van der Waals surface area (Å²) in [5.41, 5.74) is -0.485. The molecule has 0 aromatic heterocycles. The van der Waals surface area contributed by atoms with Crippen molar-refractivity contribution in [3.63, 3.8) is 0 Å². The van der Waals surface area contributed by atoms with Crippen molar-refractivity contribution in [2.24, 2.45) is 0 Å². The molecule has 2 aromatic carbocycles. The zero-order chi connectivity index (χ0) is 26.3. The van der Waals surface area contributed by atoms with Gasteiger partial charge in [-0.25, -0.2) is 4.79 Å². The second kappa shape index (κ2) is 9.79. The van der Waals surface area contributed by atoms with Crippen LogP contribution < -0.4 is 0 Å². The summed E-state index contributed by atoms with van der Waals surface area (Å²) in [6.07, 6.45) is -9.29. The molecule has 0 radical (unpaired) electrons. The molecule has 8 N–H and O–H groups in total. The molecule has 1 heterocycles. The molecular formula is C23H24O13. The summed E-state index contributed by atoms with van der Waals surface area (Å²) in [5.74, 6) is -4.58. The van der Waals surface area contributed by atoms with Gasteiger partial charge in [-0.2, -0.15) is 0 Å². The lowest BCUT2D eigenvalue weighted by Crippen LogP contribution is -2.59. The Bertz CT molecular complexity index is 1160. The van der Waals surface area contributed by atoms with E-state index >= 15 is 0 Å². The van der Waals surface area contributed by atoms with E-state index in [0.29, 0.717) is 0 Å². The van der Waals surface area contributed by atoms with Crippen LogP contribution in [-0.4, -0.2) is 89.9 Å². The number of phenols is 5. The highest BCUT2D eigenvalue weighted by atomic mass is 16.7. The van der Waals surface area contributed by atoms with Gasteiger partial charge in [-0.1, -0.05) is 0 Å². The first-order valence-electron chi connectivity index (χ1n) is 10.8. The summed E-state index contributed by atoms with van der Waals surface area (Å²) in [4.78, 5) is 24.6. The number of aromatic hydroxyl groups is 5. The number of fused-ring (bicyclic) bond motifs is 1. The van der Waals surface area contributed by atoms with Crippen molar-refractivity contribution in [2.45, 2.75) is 49.7 Å². The molecule has 194 valence electrons. The summed E-state index contributed by atoms with van der Waals surface area (Å²) in [5, 5.41) is 79.8. The molecule has 2 aliphatic rings. The van der Waals surface area contributed by atoms with Crippen LogP contribution in [0.25, 0.3) is 0 Å². The Morgan fingerprint density at radius 3 is 2.22 bits per heavy atom. The second-order valence-electron chi connectivity index (χ2n) is 8.46. The van der Waals surface area contributed by atoms with Crippen LogP contribution in [0.1, 0.15) is 45.2 Å². The third kappa shape index (κ3) is 4.62. The lowest BCUT2D eigenvalue weighted by atomic mass is 9.87. The van der Waals surface area contributed by atoms with Gasteiger partial charge in [0.25, 0.3) is 0 Å². The fourth-order valence-electron chi connectivity index (χ4n) is 4.18. The Labute approximate surface area is 203 Å². The number of aliphatic hydroxyl groups is 3. The Hall–Kier alpha value is -3.62. The molecule has 13 heteroatoms. The molecule has 0 unspecified atom stereocenters. The van der Waals surface area contributed by atoms with Gasteiger partial charge >= 0.3 is 5.97 Å². The summed E-state index contributed by atoms with van der Waals surface area (Å²) >= 11 is 0. The summed E-state index contributed by atoms with van der Waals surface area (Å²) < 4.78 is 16.3. The van der Waals surface area contributed by atoms with E-state index in [9.17, 15) is 50.4 Å². The lowest BCUT2D eigenvalue weighted by Gasteiger charge is -2.41. The zero-order valence-corrected chi connectivity index (χ0v) is 18.5.